The SMILES string of the molecule is Cl.O=C(c1ccn(-c2cccc(C(F)(F)F)c2)n1)N1CC[C@@H]2CNC[C@@H]2CC1. The second-order valence-electron chi connectivity index (χ2n) is 7.24. The lowest BCUT2D eigenvalue weighted by Crippen LogP contribution is -2.33. The molecule has 2 aliphatic heterocycles. The van der Waals surface area contributed by atoms with Crippen molar-refractivity contribution in [1.29, 1.82) is 0 Å². The van der Waals surface area contributed by atoms with Crippen LogP contribution in [0.1, 0.15) is 28.9 Å². The molecule has 2 aromatic rings. The zero-order valence-electron chi connectivity index (χ0n) is 15.2. The zero-order valence-corrected chi connectivity index (χ0v) is 16.0. The predicted molar refractivity (Wildman–Crippen MR) is 101 cm³/mol. The van der Waals surface area contributed by atoms with Crippen LogP contribution in [0.4, 0.5) is 13.2 Å². The van der Waals surface area contributed by atoms with Crippen LogP contribution >= 0.6 is 12.4 Å². The Morgan fingerprint density at radius 3 is 2.43 bits per heavy atom. The van der Waals surface area contributed by atoms with E-state index in [0.717, 1.165) is 38.1 Å². The van der Waals surface area contributed by atoms with Crippen LogP contribution in [0.2, 0.25) is 0 Å². The monoisotopic (exact) mass is 414 g/mol. The van der Waals surface area contributed by atoms with E-state index in [1.54, 1.807) is 6.07 Å². The van der Waals surface area contributed by atoms with Gasteiger partial charge in [0.1, 0.15) is 0 Å². The van der Waals surface area contributed by atoms with Gasteiger partial charge in [-0.15, -0.1) is 12.4 Å². The minimum Gasteiger partial charge on any atom is -0.337 e. The fourth-order valence-corrected chi connectivity index (χ4v) is 3.99. The van der Waals surface area contributed by atoms with Crippen LogP contribution in [0, 0.1) is 11.8 Å². The van der Waals surface area contributed by atoms with Crippen molar-refractivity contribution in [3.8, 4) is 5.69 Å². The molecule has 1 amide bonds. The lowest BCUT2D eigenvalue weighted by molar-refractivity contribution is -0.137. The molecule has 9 heteroatoms. The van der Waals surface area contributed by atoms with Crippen molar-refractivity contribution in [1.82, 2.24) is 20.0 Å². The van der Waals surface area contributed by atoms with Crippen molar-refractivity contribution < 1.29 is 18.0 Å². The van der Waals surface area contributed by atoms with E-state index in [1.165, 1.54) is 23.0 Å². The normalized spacial score (nSPS) is 22.3. The fourth-order valence-electron chi connectivity index (χ4n) is 3.99. The van der Waals surface area contributed by atoms with E-state index in [2.05, 4.69) is 10.4 Å². The molecule has 1 aromatic heterocycles. The van der Waals surface area contributed by atoms with Crippen LogP contribution in [0.15, 0.2) is 36.5 Å². The molecule has 2 fully saturated rings. The number of nitrogens with one attached hydrogen (secondary N) is 1. The molecule has 152 valence electrons. The van der Waals surface area contributed by atoms with E-state index in [1.807, 2.05) is 4.90 Å². The summed E-state index contributed by atoms with van der Waals surface area (Å²) in [5, 5.41) is 7.63. The minimum absolute atomic E-state index is 0. The van der Waals surface area contributed by atoms with Gasteiger partial charge in [0.2, 0.25) is 0 Å². The first-order valence-electron chi connectivity index (χ1n) is 9.15. The first-order chi connectivity index (χ1) is 12.9. The Balaban J connectivity index is 0.00000225. The molecule has 1 aromatic carbocycles. The summed E-state index contributed by atoms with van der Waals surface area (Å²) in [6.07, 6.45) is -0.949. The summed E-state index contributed by atoms with van der Waals surface area (Å²) in [6.45, 7) is 3.41. The number of nitrogens with zero attached hydrogens (tertiary/aromatic N) is 3. The van der Waals surface area contributed by atoms with E-state index in [-0.39, 0.29) is 29.7 Å². The van der Waals surface area contributed by atoms with Gasteiger partial charge >= 0.3 is 6.18 Å². The van der Waals surface area contributed by atoms with Crippen LogP contribution < -0.4 is 5.32 Å². The Hall–Kier alpha value is -2.06. The van der Waals surface area contributed by atoms with Gasteiger partial charge in [0.05, 0.1) is 11.3 Å². The highest BCUT2D eigenvalue weighted by Crippen LogP contribution is 2.30. The number of carbonyl (C=O) groups is 1. The lowest BCUT2D eigenvalue weighted by atomic mass is 9.92. The molecule has 2 atom stereocenters. The van der Waals surface area contributed by atoms with Gasteiger partial charge in [-0.25, -0.2) is 4.68 Å². The third-order valence-corrected chi connectivity index (χ3v) is 5.55. The second kappa shape index (κ2) is 8.13. The Morgan fingerprint density at radius 2 is 1.79 bits per heavy atom. The van der Waals surface area contributed by atoms with Gasteiger partial charge < -0.3 is 10.2 Å². The minimum atomic E-state index is -4.42. The summed E-state index contributed by atoms with van der Waals surface area (Å²) in [5.74, 6) is 1.07. The van der Waals surface area contributed by atoms with Crippen LogP contribution in [0.5, 0.6) is 0 Å². The van der Waals surface area contributed by atoms with Crippen molar-refractivity contribution >= 4 is 18.3 Å². The number of fused-ring (bicyclic) bond motifs is 1. The first-order valence-corrected chi connectivity index (χ1v) is 9.15. The number of alkyl halides is 3. The van der Waals surface area contributed by atoms with E-state index in [4.69, 9.17) is 0 Å². The molecule has 0 spiro atoms. The van der Waals surface area contributed by atoms with Gasteiger partial charge in [0.15, 0.2) is 5.69 Å². The molecule has 0 saturated carbocycles. The molecule has 0 aliphatic carbocycles. The topological polar surface area (TPSA) is 50.2 Å². The van der Waals surface area contributed by atoms with Crippen LogP contribution in [0.25, 0.3) is 5.69 Å². The van der Waals surface area contributed by atoms with E-state index < -0.39 is 11.7 Å². The third kappa shape index (κ3) is 4.17. The molecule has 2 saturated heterocycles. The molecule has 0 bridgehead atoms. The average Bonchev–Trinajstić information content (AvgIpc) is 3.27. The molecule has 3 heterocycles. The van der Waals surface area contributed by atoms with Crippen molar-refractivity contribution in [2.24, 2.45) is 11.8 Å². The Morgan fingerprint density at radius 1 is 1.11 bits per heavy atom. The molecule has 1 N–H and O–H groups in total. The molecule has 5 nitrogen and oxygen atoms in total. The number of hydrogen-bond donors (Lipinski definition) is 1. The van der Waals surface area contributed by atoms with Crippen LogP contribution in [-0.2, 0) is 6.18 Å². The summed E-state index contributed by atoms with van der Waals surface area (Å²) in [6, 6.07) is 6.48. The number of likely N-dealkylation sites (tertiary alicyclic amines) is 1. The standard InChI is InChI=1S/C19H21F3N4O.ClH/c20-19(21,22)15-2-1-3-16(10-15)26-9-6-17(24-26)18(27)25-7-4-13-11-23-12-14(13)5-8-25;/h1-3,6,9-10,13-14,23H,4-5,7-8,11-12H2;1H/t13-,14+;. The second-order valence-corrected chi connectivity index (χ2v) is 7.24. The molecular weight excluding hydrogens is 393 g/mol. The Kier molecular flexibility index (Phi) is 6.00. The Bertz CT molecular complexity index is 825. The molecule has 0 unspecified atom stereocenters. The Labute approximate surface area is 167 Å². The summed E-state index contributed by atoms with van der Waals surface area (Å²) in [5.41, 5.74) is -0.200. The summed E-state index contributed by atoms with van der Waals surface area (Å²) >= 11 is 0. The molecule has 4 rings (SSSR count). The van der Waals surface area contributed by atoms with Gasteiger partial charge in [-0.05, 0) is 62.0 Å². The maximum absolute atomic E-state index is 12.9. The lowest BCUT2D eigenvalue weighted by Gasteiger charge is -2.19. The fraction of sp³-hybridized carbons (Fsp3) is 0.474. The summed E-state index contributed by atoms with van der Waals surface area (Å²) < 4.78 is 40.0. The predicted octanol–water partition coefficient (Wildman–Crippen LogP) is 3.38. The van der Waals surface area contributed by atoms with E-state index >= 15 is 0 Å². The first kappa shape index (κ1) is 20.7. The van der Waals surface area contributed by atoms with Gasteiger partial charge in [-0.2, -0.15) is 18.3 Å². The number of amides is 1. The highest BCUT2D eigenvalue weighted by Gasteiger charge is 2.32. The number of aromatic nitrogens is 2. The number of carbonyl (C=O) groups excluding carboxylic acids is 1. The molecule has 0 radical (unpaired) electrons. The van der Waals surface area contributed by atoms with Gasteiger partial charge in [0.25, 0.3) is 5.91 Å². The maximum atomic E-state index is 12.9. The summed E-state index contributed by atoms with van der Waals surface area (Å²) in [4.78, 5) is 14.6. The average molecular weight is 415 g/mol. The number of rotatable bonds is 2. The third-order valence-electron chi connectivity index (χ3n) is 5.55. The number of halogens is 4. The summed E-state index contributed by atoms with van der Waals surface area (Å²) in [7, 11) is 0. The van der Waals surface area contributed by atoms with Crippen molar-refractivity contribution in [3.63, 3.8) is 0 Å². The van der Waals surface area contributed by atoms with E-state index in [9.17, 15) is 18.0 Å². The van der Waals surface area contributed by atoms with Crippen molar-refractivity contribution in [3.05, 3.63) is 47.8 Å². The van der Waals surface area contributed by atoms with Crippen LogP contribution in [0.3, 0.4) is 0 Å². The van der Waals surface area contributed by atoms with Crippen molar-refractivity contribution in [2.75, 3.05) is 26.2 Å². The van der Waals surface area contributed by atoms with Gasteiger partial charge in [-0.1, -0.05) is 6.07 Å². The van der Waals surface area contributed by atoms with Gasteiger partial charge in [-0.3, -0.25) is 4.79 Å². The molecular formula is C19H22ClF3N4O. The highest BCUT2D eigenvalue weighted by atomic mass is 35.5. The van der Waals surface area contributed by atoms with Crippen LogP contribution in [-0.4, -0.2) is 46.8 Å². The molecule has 28 heavy (non-hydrogen) atoms. The smallest absolute Gasteiger partial charge is 0.337 e. The quantitative estimate of drug-likeness (QED) is 0.819. The van der Waals surface area contributed by atoms with Crippen molar-refractivity contribution in [2.45, 2.75) is 19.0 Å². The largest absolute Gasteiger partial charge is 0.416 e. The van der Waals surface area contributed by atoms with Gasteiger partial charge in [0, 0.05) is 19.3 Å². The number of benzene rings is 1. The highest BCUT2D eigenvalue weighted by molar-refractivity contribution is 5.92. The zero-order chi connectivity index (χ0) is 19.0. The number of hydrogen-bond acceptors (Lipinski definition) is 3. The van der Waals surface area contributed by atoms with E-state index in [0.29, 0.717) is 24.9 Å². The molecule has 2 aliphatic rings. The maximum Gasteiger partial charge on any atom is 0.416 e.